The van der Waals surface area contributed by atoms with Crippen LogP contribution in [-0.4, -0.2) is 29.8 Å². The van der Waals surface area contributed by atoms with Gasteiger partial charge >= 0.3 is 0 Å². The molecular formula is C37H24N6O3S4. The SMILES string of the molecule is C=c1s/c(=C/c2cnc(-c3ccc(-c4ncc(-c5ccc(N(c6ccccc6)c6ccccc6)cc5)s4)c4nsnc34)s2)c(=O)n1COC=O. The highest BCUT2D eigenvalue weighted by atomic mass is 32.1. The third-order valence-corrected chi connectivity index (χ3v) is 11.4. The number of rotatable bonds is 10. The number of nitrogens with zero attached hydrogens (tertiary/aromatic N) is 6. The molecule has 0 saturated heterocycles. The van der Waals surface area contributed by atoms with Gasteiger partial charge in [0.05, 0.1) is 25.8 Å². The number of para-hydroxylation sites is 2. The number of carbonyl (C=O) groups is 1. The molecule has 0 aliphatic heterocycles. The summed E-state index contributed by atoms with van der Waals surface area (Å²) < 4.78 is 16.3. The minimum atomic E-state index is -0.271. The first-order valence-corrected chi connectivity index (χ1v) is 18.4. The molecule has 0 atom stereocenters. The van der Waals surface area contributed by atoms with Crippen molar-refractivity contribution >= 4 is 93.0 Å². The Morgan fingerprint density at radius 2 is 1.34 bits per heavy atom. The molecule has 0 spiro atoms. The van der Waals surface area contributed by atoms with Crippen molar-refractivity contribution in [2.75, 3.05) is 4.90 Å². The van der Waals surface area contributed by atoms with Crippen LogP contribution >= 0.6 is 45.7 Å². The molecule has 0 aliphatic carbocycles. The summed E-state index contributed by atoms with van der Waals surface area (Å²) in [5.74, 6) is 0. The molecule has 244 valence electrons. The molecule has 50 heavy (non-hydrogen) atoms. The van der Waals surface area contributed by atoms with E-state index in [1.165, 1.54) is 27.2 Å². The van der Waals surface area contributed by atoms with E-state index in [4.69, 9.17) is 9.72 Å². The molecule has 0 saturated carbocycles. The Balaban J connectivity index is 1.07. The smallest absolute Gasteiger partial charge is 0.294 e. The lowest BCUT2D eigenvalue weighted by molar-refractivity contribution is -0.132. The van der Waals surface area contributed by atoms with Gasteiger partial charge in [0, 0.05) is 45.5 Å². The fraction of sp³-hybridized carbons (Fsp3) is 0.0270. The van der Waals surface area contributed by atoms with Crippen LogP contribution in [0, 0.1) is 0 Å². The molecule has 4 aromatic carbocycles. The lowest BCUT2D eigenvalue weighted by Crippen LogP contribution is -2.31. The summed E-state index contributed by atoms with van der Waals surface area (Å²) in [6.07, 6.45) is 5.41. The van der Waals surface area contributed by atoms with Gasteiger partial charge < -0.3 is 9.64 Å². The van der Waals surface area contributed by atoms with E-state index < -0.39 is 0 Å². The predicted octanol–water partition coefficient (Wildman–Crippen LogP) is 7.67. The molecule has 8 aromatic rings. The van der Waals surface area contributed by atoms with Crippen molar-refractivity contribution in [2.45, 2.75) is 6.73 Å². The zero-order valence-electron chi connectivity index (χ0n) is 26.0. The second-order valence-electron chi connectivity index (χ2n) is 10.9. The van der Waals surface area contributed by atoms with E-state index in [2.05, 4.69) is 73.7 Å². The van der Waals surface area contributed by atoms with Crippen molar-refractivity contribution in [2.24, 2.45) is 0 Å². The van der Waals surface area contributed by atoms with Crippen LogP contribution in [0.1, 0.15) is 4.88 Å². The third-order valence-electron chi connectivity index (χ3n) is 7.87. The van der Waals surface area contributed by atoms with Gasteiger partial charge in [0.1, 0.15) is 21.0 Å². The maximum Gasteiger partial charge on any atom is 0.294 e. The molecule has 0 unspecified atom stereocenters. The Morgan fingerprint density at radius 1 is 0.740 bits per heavy atom. The summed E-state index contributed by atoms with van der Waals surface area (Å²) in [5.41, 5.74) is 7.33. The molecule has 0 bridgehead atoms. The first-order chi connectivity index (χ1) is 24.6. The van der Waals surface area contributed by atoms with Gasteiger partial charge in [0.25, 0.3) is 12.0 Å². The van der Waals surface area contributed by atoms with Gasteiger partial charge in [-0.2, -0.15) is 8.75 Å². The monoisotopic (exact) mass is 728 g/mol. The minimum absolute atomic E-state index is 0.171. The summed E-state index contributed by atoms with van der Waals surface area (Å²) in [7, 11) is 0. The maximum atomic E-state index is 12.8. The molecule has 8 rings (SSSR count). The molecule has 13 heteroatoms. The third kappa shape index (κ3) is 6.07. The number of hydrogen-bond donors (Lipinski definition) is 0. The fourth-order valence-corrected chi connectivity index (χ4v) is 8.89. The second-order valence-corrected chi connectivity index (χ2v) is 14.6. The summed E-state index contributed by atoms with van der Waals surface area (Å²) >= 11 is 5.44. The Bertz CT molecular complexity index is 2590. The van der Waals surface area contributed by atoms with Crippen LogP contribution in [0.2, 0.25) is 0 Å². The lowest BCUT2D eigenvalue weighted by atomic mass is 10.1. The number of aromatic nitrogens is 5. The summed E-state index contributed by atoms with van der Waals surface area (Å²) in [4.78, 5) is 36.9. The van der Waals surface area contributed by atoms with Crippen molar-refractivity contribution < 1.29 is 9.53 Å². The van der Waals surface area contributed by atoms with Gasteiger partial charge in [-0.05, 0) is 60.2 Å². The van der Waals surface area contributed by atoms with Crippen LogP contribution in [0.3, 0.4) is 0 Å². The fourth-order valence-electron chi connectivity index (χ4n) is 5.53. The average molecular weight is 729 g/mol. The van der Waals surface area contributed by atoms with Gasteiger partial charge in [0.15, 0.2) is 6.73 Å². The van der Waals surface area contributed by atoms with E-state index in [0.717, 1.165) is 76.3 Å². The lowest BCUT2D eigenvalue weighted by Gasteiger charge is -2.25. The molecule has 0 N–H and O–H groups in total. The number of hydrogen-bond acceptors (Lipinski definition) is 12. The normalized spacial score (nSPS) is 11.6. The van der Waals surface area contributed by atoms with Gasteiger partial charge in [-0.1, -0.05) is 55.1 Å². The van der Waals surface area contributed by atoms with Crippen LogP contribution < -0.4 is 19.7 Å². The molecular weight excluding hydrogens is 705 g/mol. The van der Waals surface area contributed by atoms with Gasteiger partial charge in [-0.3, -0.25) is 14.2 Å². The highest BCUT2D eigenvalue weighted by Crippen LogP contribution is 2.40. The van der Waals surface area contributed by atoms with Crippen LogP contribution in [0.4, 0.5) is 17.1 Å². The summed E-state index contributed by atoms with van der Waals surface area (Å²) in [6, 6.07) is 33.3. The second kappa shape index (κ2) is 13.7. The van der Waals surface area contributed by atoms with Crippen LogP contribution in [-0.2, 0) is 16.3 Å². The topological polar surface area (TPSA) is 103 Å². The van der Waals surface area contributed by atoms with E-state index >= 15 is 0 Å². The number of carbonyl (C=O) groups excluding carboxylic acids is 1. The van der Waals surface area contributed by atoms with Gasteiger partial charge in [-0.15, -0.1) is 34.0 Å². The quantitative estimate of drug-likeness (QED) is 0.132. The average Bonchev–Trinajstić information content (AvgIpc) is 3.97. The Labute approximate surface area is 301 Å². The molecule has 0 radical (unpaired) electrons. The number of fused-ring (bicyclic) bond motifs is 1. The van der Waals surface area contributed by atoms with E-state index in [0.29, 0.717) is 15.7 Å². The number of thiazole rings is 3. The van der Waals surface area contributed by atoms with E-state index in [9.17, 15) is 9.59 Å². The van der Waals surface area contributed by atoms with E-state index in [-0.39, 0.29) is 12.3 Å². The molecule has 4 heterocycles. The van der Waals surface area contributed by atoms with E-state index in [1.807, 2.05) is 54.7 Å². The van der Waals surface area contributed by atoms with Crippen molar-refractivity contribution in [1.29, 1.82) is 0 Å². The standard InChI is InChI=1S/C37H24N6O3S4/c1-23-42(21-46-22-44)37(45)31(47-23)18-28-19-38-35(48-28)29-16-17-30(34-33(29)40-50-41-34)36-39-20-32(49-36)24-12-14-27(15-13-24)43(25-8-4-2-5-9-25)26-10-6-3-7-11-26/h2-20,22H,1,21H2/b31-18+. The summed E-state index contributed by atoms with van der Waals surface area (Å²) in [5, 5.41) is 1.62. The van der Waals surface area contributed by atoms with Crippen LogP contribution in [0.15, 0.2) is 114 Å². The number of ether oxygens (including phenoxy) is 1. The van der Waals surface area contributed by atoms with E-state index in [1.54, 1.807) is 23.6 Å². The van der Waals surface area contributed by atoms with Crippen molar-refractivity contribution in [3.05, 3.63) is 134 Å². The zero-order valence-corrected chi connectivity index (χ0v) is 29.3. The molecule has 9 nitrogen and oxygen atoms in total. The number of anilines is 3. The molecule has 0 aliphatic rings. The first-order valence-electron chi connectivity index (χ1n) is 15.2. The zero-order chi connectivity index (χ0) is 34.0. The van der Waals surface area contributed by atoms with Crippen molar-refractivity contribution in [3.63, 3.8) is 0 Å². The Morgan fingerprint density at radius 3 is 1.98 bits per heavy atom. The Kier molecular flexibility index (Phi) is 8.69. The molecule has 4 aromatic heterocycles. The van der Waals surface area contributed by atoms with Crippen molar-refractivity contribution in [3.8, 4) is 31.6 Å². The van der Waals surface area contributed by atoms with Gasteiger partial charge in [-0.25, -0.2) is 9.97 Å². The largest absolute Gasteiger partial charge is 0.446 e. The molecule has 0 amide bonds. The Hall–Kier alpha value is -5.60. The predicted molar refractivity (Wildman–Crippen MR) is 204 cm³/mol. The molecule has 0 fully saturated rings. The number of benzene rings is 4. The van der Waals surface area contributed by atoms with Crippen LogP contribution in [0.25, 0.3) is 55.3 Å². The first kappa shape index (κ1) is 31.7. The minimum Gasteiger partial charge on any atom is -0.446 e. The maximum absolute atomic E-state index is 12.8. The van der Waals surface area contributed by atoms with Crippen LogP contribution in [0.5, 0.6) is 0 Å². The summed E-state index contributed by atoms with van der Waals surface area (Å²) in [6.45, 7) is 4.03. The van der Waals surface area contributed by atoms with Crippen molar-refractivity contribution in [1.82, 2.24) is 23.3 Å². The highest BCUT2D eigenvalue weighted by molar-refractivity contribution is 7.18. The van der Waals surface area contributed by atoms with Gasteiger partial charge in [0.2, 0.25) is 0 Å². The highest BCUT2D eigenvalue weighted by Gasteiger charge is 2.19.